The summed E-state index contributed by atoms with van der Waals surface area (Å²) >= 11 is 1.51. The highest BCUT2D eigenvalue weighted by molar-refractivity contribution is 7.89. The van der Waals surface area contributed by atoms with E-state index in [2.05, 4.69) is 9.82 Å². The van der Waals surface area contributed by atoms with E-state index in [-0.39, 0.29) is 10.9 Å². The fraction of sp³-hybridized carbons (Fsp3) is 0.381. The monoisotopic (exact) mass is 431 g/mol. The number of ether oxygens (including phenoxy) is 1. The van der Waals surface area contributed by atoms with Crippen LogP contribution in [-0.2, 0) is 16.4 Å². The maximum absolute atomic E-state index is 13.1. The van der Waals surface area contributed by atoms with Gasteiger partial charge in [-0.25, -0.2) is 13.1 Å². The van der Waals surface area contributed by atoms with Gasteiger partial charge in [-0.15, -0.1) is 11.3 Å². The van der Waals surface area contributed by atoms with Gasteiger partial charge in [0.2, 0.25) is 10.0 Å². The number of thiophene rings is 1. The Morgan fingerprint density at radius 3 is 2.62 bits per heavy atom. The molecule has 0 spiro atoms. The van der Waals surface area contributed by atoms with Crippen LogP contribution in [0, 0.1) is 0 Å². The van der Waals surface area contributed by atoms with Crippen LogP contribution in [0.3, 0.4) is 0 Å². The summed E-state index contributed by atoms with van der Waals surface area (Å²) in [6, 6.07) is 11.8. The maximum atomic E-state index is 13.1. The normalized spacial score (nSPS) is 15.1. The molecule has 4 rings (SSSR count). The molecule has 3 aromatic rings. The lowest BCUT2D eigenvalue weighted by atomic mass is 10.1. The zero-order chi connectivity index (χ0) is 20.3. The average Bonchev–Trinajstić information content (AvgIpc) is 3.49. The highest BCUT2D eigenvalue weighted by atomic mass is 32.2. The minimum absolute atomic E-state index is 0.265. The Labute approximate surface area is 175 Å². The van der Waals surface area contributed by atoms with Crippen LogP contribution in [0.25, 0.3) is 10.6 Å². The van der Waals surface area contributed by atoms with Crippen LogP contribution < -0.4 is 9.46 Å². The summed E-state index contributed by atoms with van der Waals surface area (Å²) in [5.74, 6) is 0.786. The summed E-state index contributed by atoms with van der Waals surface area (Å²) in [5.41, 5.74) is 1.59. The average molecular weight is 432 g/mol. The van der Waals surface area contributed by atoms with Gasteiger partial charge in [0.25, 0.3) is 0 Å². The van der Waals surface area contributed by atoms with E-state index in [1.807, 2.05) is 46.5 Å². The smallest absolute Gasteiger partial charge is 0.244 e. The Balaban J connectivity index is 1.53. The molecule has 8 heteroatoms. The van der Waals surface area contributed by atoms with Crippen LogP contribution in [-0.4, -0.2) is 31.9 Å². The molecule has 1 saturated carbocycles. The van der Waals surface area contributed by atoms with Gasteiger partial charge in [-0.2, -0.15) is 5.10 Å². The Morgan fingerprint density at radius 1 is 1.21 bits per heavy atom. The molecular weight excluding hydrogens is 406 g/mol. The fourth-order valence-corrected chi connectivity index (χ4v) is 5.68. The summed E-state index contributed by atoms with van der Waals surface area (Å²) in [7, 11) is -2.03. The molecule has 0 aliphatic heterocycles. The number of methoxy groups -OCH3 is 1. The van der Waals surface area contributed by atoms with Crippen LogP contribution in [0.15, 0.2) is 52.9 Å². The van der Waals surface area contributed by atoms with Crippen molar-refractivity contribution in [2.75, 3.05) is 13.7 Å². The molecule has 1 fully saturated rings. The molecule has 0 radical (unpaired) electrons. The molecule has 0 amide bonds. The van der Waals surface area contributed by atoms with Crippen LogP contribution in [0.5, 0.6) is 5.75 Å². The zero-order valence-electron chi connectivity index (χ0n) is 16.4. The Hall–Kier alpha value is -2.16. The highest BCUT2D eigenvalue weighted by Gasteiger charge is 2.27. The number of rotatable bonds is 8. The zero-order valence-corrected chi connectivity index (χ0v) is 18.0. The van der Waals surface area contributed by atoms with Gasteiger partial charge >= 0.3 is 0 Å². The standard InChI is InChI=1S/C21H25N3O3S2/c1-27-18-10-8-16(9-11-18)12-13-22-29(25,26)20-15-24(17-5-2-3-6-17)23-21(20)19-7-4-14-28-19/h4,7-11,14-15,17,22H,2-3,5-6,12-13H2,1H3. The minimum Gasteiger partial charge on any atom is -0.497 e. The summed E-state index contributed by atoms with van der Waals surface area (Å²) in [4.78, 5) is 1.14. The molecule has 29 heavy (non-hydrogen) atoms. The largest absolute Gasteiger partial charge is 0.497 e. The molecule has 1 N–H and O–H groups in total. The third-order valence-corrected chi connectivity index (χ3v) is 7.64. The van der Waals surface area contributed by atoms with Crippen molar-refractivity contribution in [3.63, 3.8) is 0 Å². The molecule has 2 heterocycles. The van der Waals surface area contributed by atoms with Crippen molar-refractivity contribution in [2.45, 2.75) is 43.0 Å². The van der Waals surface area contributed by atoms with E-state index in [4.69, 9.17) is 4.74 Å². The van der Waals surface area contributed by atoms with Crippen LogP contribution in [0.2, 0.25) is 0 Å². The van der Waals surface area contributed by atoms with Crippen LogP contribution >= 0.6 is 11.3 Å². The molecule has 1 aliphatic rings. The predicted molar refractivity (Wildman–Crippen MR) is 115 cm³/mol. The van der Waals surface area contributed by atoms with Gasteiger partial charge in [0.15, 0.2) is 0 Å². The third kappa shape index (κ3) is 4.55. The minimum atomic E-state index is -3.66. The van der Waals surface area contributed by atoms with Gasteiger partial charge in [-0.1, -0.05) is 31.0 Å². The molecule has 2 aromatic heterocycles. The first kappa shape index (κ1) is 20.1. The van der Waals surface area contributed by atoms with E-state index in [0.717, 1.165) is 29.0 Å². The SMILES string of the molecule is COc1ccc(CCNS(=O)(=O)c2cn(C3CCCC3)nc2-c2cccs2)cc1. The van der Waals surface area contributed by atoms with Gasteiger partial charge in [0, 0.05) is 12.7 Å². The van der Waals surface area contributed by atoms with Gasteiger partial charge in [-0.05, 0) is 48.4 Å². The molecule has 0 saturated heterocycles. The second kappa shape index (κ2) is 8.69. The Bertz CT molecular complexity index is 1040. The van der Waals surface area contributed by atoms with Crippen molar-refractivity contribution in [3.8, 4) is 16.3 Å². The number of sulfonamides is 1. The molecule has 0 unspecified atom stereocenters. The molecule has 154 valence electrons. The summed E-state index contributed by atoms with van der Waals surface area (Å²) < 4.78 is 35.9. The van der Waals surface area contributed by atoms with Crippen molar-refractivity contribution >= 4 is 21.4 Å². The van der Waals surface area contributed by atoms with Crippen LogP contribution in [0.1, 0.15) is 37.3 Å². The Kier molecular flexibility index (Phi) is 6.03. The Morgan fingerprint density at radius 2 is 1.97 bits per heavy atom. The second-order valence-corrected chi connectivity index (χ2v) is 9.92. The molecule has 0 atom stereocenters. The second-order valence-electron chi connectivity index (χ2n) is 7.23. The summed E-state index contributed by atoms with van der Waals surface area (Å²) in [6.45, 7) is 0.327. The molecular formula is C21H25N3O3S2. The molecule has 0 bridgehead atoms. The number of aromatic nitrogens is 2. The van der Waals surface area contributed by atoms with Gasteiger partial charge in [-0.3, -0.25) is 4.68 Å². The van der Waals surface area contributed by atoms with E-state index < -0.39 is 10.0 Å². The first-order valence-electron chi connectivity index (χ1n) is 9.82. The number of benzene rings is 1. The first-order chi connectivity index (χ1) is 14.1. The number of nitrogens with one attached hydrogen (secondary N) is 1. The number of hydrogen-bond donors (Lipinski definition) is 1. The van der Waals surface area contributed by atoms with E-state index in [9.17, 15) is 8.42 Å². The summed E-state index contributed by atoms with van der Waals surface area (Å²) in [6.07, 6.45) is 6.75. The lowest BCUT2D eigenvalue weighted by Crippen LogP contribution is -2.26. The summed E-state index contributed by atoms with van der Waals surface area (Å²) in [5, 5.41) is 6.62. The van der Waals surface area contributed by atoms with Crippen LogP contribution in [0.4, 0.5) is 0 Å². The van der Waals surface area contributed by atoms with Crippen molar-refractivity contribution in [1.29, 1.82) is 0 Å². The lowest BCUT2D eigenvalue weighted by Gasteiger charge is -2.08. The van der Waals surface area contributed by atoms with E-state index in [1.165, 1.54) is 24.2 Å². The lowest BCUT2D eigenvalue weighted by molar-refractivity contribution is 0.414. The van der Waals surface area contributed by atoms with Crippen molar-refractivity contribution in [1.82, 2.24) is 14.5 Å². The third-order valence-electron chi connectivity index (χ3n) is 5.31. The van der Waals surface area contributed by atoms with Gasteiger partial charge in [0.05, 0.1) is 18.0 Å². The predicted octanol–water partition coefficient (Wildman–Crippen LogP) is 4.26. The molecule has 1 aliphatic carbocycles. The number of hydrogen-bond acceptors (Lipinski definition) is 5. The van der Waals surface area contributed by atoms with Crippen molar-refractivity contribution in [3.05, 3.63) is 53.5 Å². The number of nitrogens with zero attached hydrogens (tertiary/aromatic N) is 2. The van der Waals surface area contributed by atoms with Gasteiger partial charge in [0.1, 0.15) is 16.3 Å². The first-order valence-corrected chi connectivity index (χ1v) is 12.2. The van der Waals surface area contributed by atoms with Crippen molar-refractivity contribution < 1.29 is 13.2 Å². The topological polar surface area (TPSA) is 73.2 Å². The highest BCUT2D eigenvalue weighted by Crippen LogP contribution is 2.34. The molecule has 6 nitrogen and oxygen atoms in total. The quantitative estimate of drug-likeness (QED) is 0.578. The molecule has 1 aromatic carbocycles. The van der Waals surface area contributed by atoms with E-state index in [1.54, 1.807) is 13.3 Å². The van der Waals surface area contributed by atoms with Gasteiger partial charge < -0.3 is 4.74 Å². The fourth-order valence-electron chi connectivity index (χ4n) is 3.71. The maximum Gasteiger partial charge on any atom is 0.244 e. The van der Waals surface area contributed by atoms with Crippen molar-refractivity contribution in [2.24, 2.45) is 0 Å². The van der Waals surface area contributed by atoms with E-state index >= 15 is 0 Å². The van der Waals surface area contributed by atoms with E-state index in [0.29, 0.717) is 18.7 Å².